The zero-order valence-electron chi connectivity index (χ0n) is 14.7. The Hall–Kier alpha value is -2.59. The van der Waals surface area contributed by atoms with Crippen LogP contribution in [0.2, 0.25) is 5.02 Å². The molecule has 0 aliphatic carbocycles. The normalized spacial score (nSPS) is 13.6. The Morgan fingerprint density at radius 1 is 1.28 bits per heavy atom. The number of nitrogens with zero attached hydrogens (tertiary/aromatic N) is 4. The highest BCUT2D eigenvalue weighted by molar-refractivity contribution is 7.99. The van der Waals surface area contributed by atoms with E-state index < -0.39 is 17.8 Å². The van der Waals surface area contributed by atoms with Gasteiger partial charge in [0.15, 0.2) is 0 Å². The van der Waals surface area contributed by atoms with Gasteiger partial charge in [-0.25, -0.2) is 28.2 Å². The van der Waals surface area contributed by atoms with E-state index in [-0.39, 0.29) is 15.5 Å². The number of aromatic amines is 1. The van der Waals surface area contributed by atoms with E-state index in [0.717, 1.165) is 29.5 Å². The van der Waals surface area contributed by atoms with E-state index in [4.69, 9.17) is 11.6 Å². The largest absolute Gasteiger partial charge is 0.363 e. The molecule has 150 valence electrons. The fourth-order valence-corrected chi connectivity index (χ4v) is 4.36. The van der Waals surface area contributed by atoms with Crippen LogP contribution in [0.5, 0.6) is 0 Å². The molecular weight excluding hydrogens is 427 g/mol. The Labute approximate surface area is 172 Å². The first-order valence-corrected chi connectivity index (χ1v) is 9.70. The second kappa shape index (κ2) is 8.03. The predicted molar refractivity (Wildman–Crippen MR) is 102 cm³/mol. The lowest BCUT2D eigenvalue weighted by Gasteiger charge is -2.30. The summed E-state index contributed by atoms with van der Waals surface area (Å²) in [6, 6.07) is 3.31. The first-order valence-electron chi connectivity index (χ1n) is 8.50. The molecule has 0 spiro atoms. The van der Waals surface area contributed by atoms with Crippen molar-refractivity contribution in [2.75, 3.05) is 11.4 Å². The smallest absolute Gasteiger partial charge is 0.285 e. The van der Waals surface area contributed by atoms with Crippen molar-refractivity contribution in [1.82, 2.24) is 20.2 Å². The second-order valence-electron chi connectivity index (χ2n) is 6.26. The van der Waals surface area contributed by atoms with Crippen molar-refractivity contribution in [3.63, 3.8) is 0 Å². The van der Waals surface area contributed by atoms with Crippen LogP contribution in [0.3, 0.4) is 0 Å². The van der Waals surface area contributed by atoms with Crippen LogP contribution in [0.15, 0.2) is 45.4 Å². The molecule has 0 saturated heterocycles. The van der Waals surface area contributed by atoms with Gasteiger partial charge in [0.05, 0.1) is 24.1 Å². The lowest BCUT2D eigenvalue weighted by atomic mass is 10.1. The van der Waals surface area contributed by atoms with Crippen LogP contribution in [0.1, 0.15) is 23.2 Å². The number of nitrogens with one attached hydrogen (secondary N) is 1. The number of H-pyrrole nitrogens is 1. The van der Waals surface area contributed by atoms with Gasteiger partial charge >= 0.3 is 0 Å². The van der Waals surface area contributed by atoms with Crippen molar-refractivity contribution >= 4 is 29.1 Å². The van der Waals surface area contributed by atoms with Gasteiger partial charge in [-0.2, -0.15) is 5.10 Å². The molecule has 0 unspecified atom stereocenters. The van der Waals surface area contributed by atoms with E-state index in [1.165, 1.54) is 18.6 Å². The Bertz CT molecular complexity index is 1130. The third-order valence-electron chi connectivity index (χ3n) is 4.50. The molecule has 0 fully saturated rings. The minimum absolute atomic E-state index is 0.0417. The molecule has 0 atom stereocenters. The number of fused-ring (bicyclic) bond motifs is 1. The summed E-state index contributed by atoms with van der Waals surface area (Å²) in [5, 5.41) is 6.63. The summed E-state index contributed by atoms with van der Waals surface area (Å²) < 4.78 is 40.0. The molecule has 2 aromatic heterocycles. The third kappa shape index (κ3) is 3.95. The minimum Gasteiger partial charge on any atom is -0.363 e. The van der Waals surface area contributed by atoms with Gasteiger partial charge in [-0.05, 0) is 24.6 Å². The number of anilines is 1. The summed E-state index contributed by atoms with van der Waals surface area (Å²) in [4.78, 5) is 22.4. The highest BCUT2D eigenvalue weighted by Crippen LogP contribution is 2.38. The van der Waals surface area contributed by atoms with Crippen LogP contribution in [-0.2, 0) is 13.0 Å². The number of hydrogen-bond donors (Lipinski definition) is 1. The number of hydrogen-bond acceptors (Lipinski definition) is 6. The molecular formula is C18H13ClF3N5OS. The number of halogens is 4. The van der Waals surface area contributed by atoms with Crippen LogP contribution in [-0.4, -0.2) is 26.7 Å². The average molecular weight is 440 g/mol. The van der Waals surface area contributed by atoms with E-state index in [1.807, 2.05) is 4.90 Å². The standard InChI is InChI=1S/C18H13ClF3N5OS/c19-15-13(6-25-26-17(15)28)27-4-3-10-12(7-27)23-8-24-18(10)29-14-2-1-9(20)5-11(14)16(21)22/h1-2,5-6,8,16H,3-4,7H2,(H,26,28). The van der Waals surface area contributed by atoms with Gasteiger partial charge in [0.2, 0.25) is 0 Å². The number of aromatic nitrogens is 4. The fraction of sp³-hybridized carbons (Fsp3) is 0.222. The Morgan fingerprint density at radius 2 is 2.10 bits per heavy atom. The number of rotatable bonds is 4. The summed E-state index contributed by atoms with van der Waals surface area (Å²) in [6.45, 7) is 0.880. The molecule has 6 nitrogen and oxygen atoms in total. The maximum Gasteiger partial charge on any atom is 0.285 e. The topological polar surface area (TPSA) is 74.8 Å². The van der Waals surface area contributed by atoms with Crippen LogP contribution in [0.4, 0.5) is 18.9 Å². The highest BCUT2D eigenvalue weighted by Gasteiger charge is 2.25. The summed E-state index contributed by atoms with van der Waals surface area (Å²) in [5.74, 6) is -0.714. The second-order valence-corrected chi connectivity index (χ2v) is 7.67. The summed E-state index contributed by atoms with van der Waals surface area (Å²) in [7, 11) is 0. The van der Waals surface area contributed by atoms with E-state index in [1.54, 1.807) is 0 Å². The zero-order chi connectivity index (χ0) is 20.5. The van der Waals surface area contributed by atoms with Gasteiger partial charge in [-0.15, -0.1) is 0 Å². The molecule has 11 heteroatoms. The first-order chi connectivity index (χ1) is 13.9. The van der Waals surface area contributed by atoms with E-state index in [2.05, 4.69) is 20.2 Å². The van der Waals surface area contributed by atoms with Gasteiger partial charge in [0, 0.05) is 22.6 Å². The minimum atomic E-state index is -2.80. The molecule has 0 amide bonds. The molecule has 29 heavy (non-hydrogen) atoms. The molecule has 1 aliphatic rings. The Kier molecular flexibility index (Phi) is 5.46. The van der Waals surface area contributed by atoms with Crippen molar-refractivity contribution in [1.29, 1.82) is 0 Å². The lowest BCUT2D eigenvalue weighted by molar-refractivity contribution is 0.147. The quantitative estimate of drug-likeness (QED) is 0.619. The first kappa shape index (κ1) is 19.7. The maximum atomic E-state index is 13.4. The van der Waals surface area contributed by atoms with Crippen molar-refractivity contribution in [3.8, 4) is 0 Å². The summed E-state index contributed by atoms with van der Waals surface area (Å²) in [6.07, 6.45) is 0.548. The lowest BCUT2D eigenvalue weighted by Crippen LogP contribution is -2.33. The van der Waals surface area contributed by atoms with E-state index in [0.29, 0.717) is 35.9 Å². The molecule has 0 radical (unpaired) electrons. The monoisotopic (exact) mass is 439 g/mol. The Morgan fingerprint density at radius 3 is 2.90 bits per heavy atom. The molecule has 0 bridgehead atoms. The molecule has 3 aromatic rings. The molecule has 4 rings (SSSR count). The highest BCUT2D eigenvalue weighted by atomic mass is 35.5. The van der Waals surface area contributed by atoms with E-state index in [9.17, 15) is 18.0 Å². The van der Waals surface area contributed by atoms with Gasteiger partial charge in [0.1, 0.15) is 22.2 Å². The molecule has 0 saturated carbocycles. The maximum absolute atomic E-state index is 13.4. The predicted octanol–water partition coefficient (Wildman–Crippen LogP) is 4.00. The third-order valence-corrected chi connectivity index (χ3v) is 6.00. The summed E-state index contributed by atoms with van der Waals surface area (Å²) >= 11 is 7.15. The van der Waals surface area contributed by atoms with Crippen molar-refractivity contribution in [2.24, 2.45) is 0 Å². The van der Waals surface area contributed by atoms with Crippen molar-refractivity contribution in [2.45, 2.75) is 29.3 Å². The van der Waals surface area contributed by atoms with Crippen LogP contribution in [0, 0.1) is 5.82 Å². The van der Waals surface area contributed by atoms with Crippen LogP contribution >= 0.6 is 23.4 Å². The number of benzene rings is 1. The molecule has 1 aliphatic heterocycles. The van der Waals surface area contributed by atoms with Gasteiger partial charge in [-0.1, -0.05) is 23.4 Å². The molecule has 1 aromatic carbocycles. The van der Waals surface area contributed by atoms with Crippen molar-refractivity contribution < 1.29 is 13.2 Å². The Balaban J connectivity index is 1.65. The molecule has 1 N–H and O–H groups in total. The van der Waals surface area contributed by atoms with Gasteiger partial charge in [0.25, 0.3) is 12.0 Å². The average Bonchev–Trinajstić information content (AvgIpc) is 2.71. The van der Waals surface area contributed by atoms with Gasteiger partial charge in [-0.3, -0.25) is 4.79 Å². The van der Waals surface area contributed by atoms with Crippen LogP contribution in [0.25, 0.3) is 0 Å². The van der Waals surface area contributed by atoms with Gasteiger partial charge < -0.3 is 4.90 Å². The SMILES string of the molecule is O=c1[nH]ncc(N2CCc3c(ncnc3Sc3ccc(F)cc3C(F)F)C2)c1Cl. The van der Waals surface area contributed by atoms with Crippen LogP contribution < -0.4 is 10.5 Å². The van der Waals surface area contributed by atoms with Crippen molar-refractivity contribution in [3.05, 3.63) is 68.7 Å². The summed E-state index contributed by atoms with van der Waals surface area (Å²) in [5.41, 5.74) is 1.16. The number of alkyl halides is 2. The fourth-order valence-electron chi connectivity index (χ4n) is 3.10. The molecule has 3 heterocycles. The van der Waals surface area contributed by atoms with E-state index >= 15 is 0 Å². The zero-order valence-corrected chi connectivity index (χ0v) is 16.3.